The number of ketones is 2. The van der Waals surface area contributed by atoms with Crippen molar-refractivity contribution in [3.05, 3.63) is 93.1 Å². The minimum Gasteiger partial charge on any atom is -0.289 e. The molecule has 0 saturated carbocycles. The highest BCUT2D eigenvalue weighted by molar-refractivity contribution is 6.28. The molecule has 2 aromatic rings. The van der Waals surface area contributed by atoms with Crippen LogP contribution in [0, 0.1) is 5.41 Å². The molecule has 0 bridgehead atoms. The molecular formula is C38H56O2. The zero-order valence-corrected chi connectivity index (χ0v) is 28.1. The number of benzene rings is 2. The van der Waals surface area contributed by atoms with Crippen LogP contribution in [0.15, 0.2) is 59.7 Å². The number of allylic oxidation sites excluding steroid dienone is 4. The van der Waals surface area contributed by atoms with Gasteiger partial charge >= 0.3 is 0 Å². The fraction of sp³-hybridized carbons (Fsp3) is 0.526. The van der Waals surface area contributed by atoms with Crippen molar-refractivity contribution in [2.45, 2.75) is 127 Å². The maximum absolute atomic E-state index is 13.7. The average Bonchev–Trinajstić information content (AvgIpc) is 2.91. The standard InChI is InChI=1S/C34H44O2.2C2H6/c1-22(2)17-19-34(9,10)25-14-16-27-29(21-25)31(36)28-20-24(13-15-26(28)30(27)35)33(7,8)18-11-12-23(3)32(4,5)6;2*1-2/h12-17,20-21H,11,18-19H2,1-10H3;2*1-2H3/b23-12+;;. The smallest absolute Gasteiger partial charge is 0.194 e. The van der Waals surface area contributed by atoms with E-state index in [1.807, 2.05) is 64.1 Å². The predicted octanol–water partition coefficient (Wildman–Crippen LogP) is 11.2. The van der Waals surface area contributed by atoms with Crippen LogP contribution in [0.1, 0.15) is 159 Å². The van der Waals surface area contributed by atoms with Crippen molar-refractivity contribution >= 4 is 11.6 Å². The molecular weight excluding hydrogens is 488 g/mol. The first kappa shape index (κ1) is 35.3. The third-order valence-corrected chi connectivity index (χ3v) is 8.00. The van der Waals surface area contributed by atoms with Crippen molar-refractivity contribution in [1.29, 1.82) is 0 Å². The van der Waals surface area contributed by atoms with E-state index in [4.69, 9.17) is 0 Å². The maximum atomic E-state index is 13.7. The lowest BCUT2D eigenvalue weighted by atomic mass is 9.74. The van der Waals surface area contributed by atoms with E-state index in [0.717, 1.165) is 30.4 Å². The van der Waals surface area contributed by atoms with Crippen LogP contribution in [0.25, 0.3) is 0 Å². The molecule has 0 unspecified atom stereocenters. The highest BCUT2D eigenvalue weighted by atomic mass is 16.1. The summed E-state index contributed by atoms with van der Waals surface area (Å²) >= 11 is 0. The van der Waals surface area contributed by atoms with Gasteiger partial charge in [-0.05, 0) is 91.7 Å². The molecule has 2 aromatic carbocycles. The van der Waals surface area contributed by atoms with E-state index in [9.17, 15) is 9.59 Å². The highest BCUT2D eigenvalue weighted by Crippen LogP contribution is 2.37. The zero-order chi connectivity index (χ0) is 31.1. The summed E-state index contributed by atoms with van der Waals surface area (Å²) in [6, 6.07) is 11.7. The summed E-state index contributed by atoms with van der Waals surface area (Å²) in [5.41, 5.74) is 6.91. The van der Waals surface area contributed by atoms with Crippen molar-refractivity contribution < 1.29 is 9.59 Å². The minimum absolute atomic E-state index is 0.0411. The second-order valence-corrected chi connectivity index (χ2v) is 13.1. The summed E-state index contributed by atoms with van der Waals surface area (Å²) in [6.45, 7) is 29.9. The Morgan fingerprint density at radius 1 is 0.625 bits per heavy atom. The van der Waals surface area contributed by atoms with Gasteiger partial charge in [0.2, 0.25) is 0 Å². The van der Waals surface area contributed by atoms with Crippen LogP contribution < -0.4 is 0 Å². The molecule has 0 aliphatic heterocycles. The van der Waals surface area contributed by atoms with E-state index in [1.54, 1.807) is 0 Å². The maximum Gasteiger partial charge on any atom is 0.194 e. The summed E-state index contributed by atoms with van der Waals surface area (Å²) in [5.74, 6) is -0.0954. The van der Waals surface area contributed by atoms with E-state index in [-0.39, 0.29) is 27.8 Å². The van der Waals surface area contributed by atoms with E-state index in [1.165, 1.54) is 11.1 Å². The van der Waals surface area contributed by atoms with Crippen LogP contribution in [-0.2, 0) is 10.8 Å². The topological polar surface area (TPSA) is 34.1 Å². The number of hydrogen-bond donors (Lipinski definition) is 0. The normalized spacial score (nSPS) is 13.3. The van der Waals surface area contributed by atoms with E-state index < -0.39 is 0 Å². The minimum atomic E-state index is -0.127. The Bertz CT molecular complexity index is 1240. The van der Waals surface area contributed by atoms with E-state index in [2.05, 4.69) is 81.4 Å². The number of carbonyl (C=O) groups is 2. The summed E-state index contributed by atoms with van der Waals surface area (Å²) in [5, 5.41) is 0. The average molecular weight is 545 g/mol. The van der Waals surface area contributed by atoms with Gasteiger partial charge in [0.15, 0.2) is 11.6 Å². The van der Waals surface area contributed by atoms with Crippen molar-refractivity contribution in [3.63, 3.8) is 0 Å². The molecule has 3 rings (SSSR count). The lowest BCUT2D eigenvalue weighted by Crippen LogP contribution is -2.25. The van der Waals surface area contributed by atoms with Gasteiger partial charge in [-0.3, -0.25) is 9.59 Å². The fourth-order valence-corrected chi connectivity index (χ4v) is 4.67. The summed E-state index contributed by atoms with van der Waals surface area (Å²) in [4.78, 5) is 27.1. The van der Waals surface area contributed by atoms with Gasteiger partial charge in [0.1, 0.15) is 0 Å². The van der Waals surface area contributed by atoms with Gasteiger partial charge in [0.25, 0.3) is 0 Å². The van der Waals surface area contributed by atoms with Crippen molar-refractivity contribution in [3.8, 4) is 0 Å². The first-order valence-corrected chi connectivity index (χ1v) is 15.2. The number of hydrogen-bond acceptors (Lipinski definition) is 2. The molecule has 0 saturated heterocycles. The molecule has 1 aliphatic carbocycles. The van der Waals surface area contributed by atoms with Gasteiger partial charge in [-0.2, -0.15) is 0 Å². The molecule has 0 atom stereocenters. The largest absolute Gasteiger partial charge is 0.289 e. The molecule has 0 aromatic heterocycles. The van der Waals surface area contributed by atoms with E-state index in [0.29, 0.717) is 22.3 Å². The molecule has 0 fully saturated rings. The first-order valence-electron chi connectivity index (χ1n) is 15.2. The predicted molar refractivity (Wildman–Crippen MR) is 175 cm³/mol. The van der Waals surface area contributed by atoms with Crippen LogP contribution in [0.2, 0.25) is 0 Å². The molecule has 220 valence electrons. The highest BCUT2D eigenvalue weighted by Gasteiger charge is 2.33. The summed E-state index contributed by atoms with van der Waals surface area (Å²) in [7, 11) is 0. The van der Waals surface area contributed by atoms with Crippen molar-refractivity contribution in [2.24, 2.45) is 5.41 Å². The Balaban J connectivity index is 0.00000191. The van der Waals surface area contributed by atoms with Crippen LogP contribution in [-0.4, -0.2) is 11.6 Å². The summed E-state index contributed by atoms with van der Waals surface area (Å²) < 4.78 is 0. The third-order valence-electron chi connectivity index (χ3n) is 8.00. The second kappa shape index (κ2) is 14.2. The van der Waals surface area contributed by atoms with Crippen LogP contribution in [0.4, 0.5) is 0 Å². The number of rotatable bonds is 7. The summed E-state index contributed by atoms with van der Waals surface area (Å²) in [6.07, 6.45) is 7.40. The Hall–Kier alpha value is -2.74. The molecule has 2 nitrogen and oxygen atoms in total. The number of carbonyl (C=O) groups excluding carboxylic acids is 2. The van der Waals surface area contributed by atoms with Crippen LogP contribution in [0.3, 0.4) is 0 Å². The van der Waals surface area contributed by atoms with Gasteiger partial charge in [-0.15, -0.1) is 0 Å². The lowest BCUT2D eigenvalue weighted by Gasteiger charge is -2.29. The molecule has 1 aliphatic rings. The molecule has 0 amide bonds. The quantitative estimate of drug-likeness (QED) is 0.277. The van der Waals surface area contributed by atoms with E-state index >= 15 is 0 Å². The first-order chi connectivity index (χ1) is 18.5. The van der Waals surface area contributed by atoms with Gasteiger partial charge in [-0.25, -0.2) is 0 Å². The Kier molecular flexibility index (Phi) is 12.6. The van der Waals surface area contributed by atoms with Gasteiger partial charge in [-0.1, -0.05) is 112 Å². The van der Waals surface area contributed by atoms with Crippen LogP contribution in [0.5, 0.6) is 0 Å². The Labute approximate surface area is 246 Å². The Morgan fingerprint density at radius 2 is 1.05 bits per heavy atom. The van der Waals surface area contributed by atoms with Gasteiger partial charge in [0.05, 0.1) is 0 Å². The molecule has 0 spiro atoms. The second-order valence-electron chi connectivity index (χ2n) is 13.1. The zero-order valence-electron chi connectivity index (χ0n) is 28.1. The van der Waals surface area contributed by atoms with Crippen molar-refractivity contribution in [2.75, 3.05) is 0 Å². The van der Waals surface area contributed by atoms with Crippen LogP contribution >= 0.6 is 0 Å². The number of fused-ring (bicyclic) bond motifs is 2. The molecule has 0 N–H and O–H groups in total. The third kappa shape index (κ3) is 8.38. The molecule has 40 heavy (non-hydrogen) atoms. The Morgan fingerprint density at radius 3 is 1.48 bits per heavy atom. The fourth-order valence-electron chi connectivity index (χ4n) is 4.67. The monoisotopic (exact) mass is 544 g/mol. The molecule has 0 heterocycles. The molecule has 0 radical (unpaired) electrons. The molecule has 2 heteroatoms. The lowest BCUT2D eigenvalue weighted by molar-refractivity contribution is 0.0978. The van der Waals surface area contributed by atoms with Gasteiger partial charge < -0.3 is 0 Å². The van der Waals surface area contributed by atoms with Gasteiger partial charge in [0, 0.05) is 22.3 Å². The SMILES string of the molecule is CC.CC.CC(C)=CCC(C)(C)c1ccc2c(c1)C(=O)c1cc(C(C)(C)CC/C=C(\C)C(C)(C)C)ccc1C2=O. The van der Waals surface area contributed by atoms with Crippen molar-refractivity contribution in [1.82, 2.24) is 0 Å².